The second-order valence-corrected chi connectivity index (χ2v) is 7.01. The third-order valence-electron chi connectivity index (χ3n) is 3.32. The highest BCUT2D eigenvalue weighted by molar-refractivity contribution is 9.10. The van der Waals surface area contributed by atoms with Gasteiger partial charge in [-0.2, -0.15) is 0 Å². The van der Waals surface area contributed by atoms with Crippen LogP contribution in [0.1, 0.15) is 15.9 Å². The molecule has 0 spiro atoms. The zero-order valence-electron chi connectivity index (χ0n) is 11.1. The van der Waals surface area contributed by atoms with Crippen LogP contribution in [0.2, 0.25) is 0 Å². The first kappa shape index (κ1) is 14.5. The average molecular weight is 365 g/mol. The first-order valence-corrected chi connectivity index (χ1v) is 8.21. The Morgan fingerprint density at radius 3 is 2.90 bits per heavy atom. The molecule has 2 aromatic rings. The zero-order chi connectivity index (χ0) is 14.8. The number of carbonyl (C=O) groups is 1. The first-order valence-electron chi connectivity index (χ1n) is 6.53. The van der Waals surface area contributed by atoms with Crippen LogP contribution in [0.15, 0.2) is 51.8 Å². The number of thioether (sulfide) groups is 1. The number of benzene rings is 2. The molecule has 0 aromatic heterocycles. The Morgan fingerprint density at radius 2 is 2.14 bits per heavy atom. The SMILES string of the molecule is O=C(O)c1cc(OCC2Cc3ccccc3S2)ccc1Br. The first-order chi connectivity index (χ1) is 10.1. The molecule has 0 saturated heterocycles. The Bertz CT molecular complexity index is 662. The van der Waals surface area contributed by atoms with Crippen LogP contribution >= 0.6 is 27.7 Å². The predicted molar refractivity (Wildman–Crippen MR) is 86.4 cm³/mol. The molecule has 1 heterocycles. The summed E-state index contributed by atoms with van der Waals surface area (Å²) < 4.78 is 6.32. The van der Waals surface area contributed by atoms with E-state index in [1.807, 2.05) is 17.8 Å². The standard InChI is InChI=1S/C16H13BrO3S/c17-14-6-5-11(8-13(14)16(18)19)20-9-12-7-10-3-1-2-4-15(10)21-12/h1-6,8,12H,7,9H2,(H,18,19). The van der Waals surface area contributed by atoms with Gasteiger partial charge in [0, 0.05) is 14.6 Å². The van der Waals surface area contributed by atoms with E-state index in [-0.39, 0.29) is 5.56 Å². The summed E-state index contributed by atoms with van der Waals surface area (Å²) in [6.07, 6.45) is 0.989. The molecule has 0 radical (unpaired) electrons. The Hall–Kier alpha value is -1.46. The van der Waals surface area contributed by atoms with Gasteiger partial charge in [0.15, 0.2) is 0 Å². The fourth-order valence-electron chi connectivity index (χ4n) is 2.29. The number of hydrogen-bond acceptors (Lipinski definition) is 3. The van der Waals surface area contributed by atoms with Gasteiger partial charge in [-0.05, 0) is 52.2 Å². The van der Waals surface area contributed by atoms with E-state index in [1.54, 1.807) is 18.2 Å². The second-order valence-electron chi connectivity index (χ2n) is 4.81. The van der Waals surface area contributed by atoms with Crippen LogP contribution in [-0.2, 0) is 6.42 Å². The van der Waals surface area contributed by atoms with Crippen molar-refractivity contribution in [3.63, 3.8) is 0 Å². The molecule has 2 aromatic carbocycles. The van der Waals surface area contributed by atoms with Gasteiger partial charge in [0.25, 0.3) is 0 Å². The lowest BCUT2D eigenvalue weighted by Crippen LogP contribution is -2.13. The van der Waals surface area contributed by atoms with Crippen LogP contribution in [0, 0.1) is 0 Å². The molecule has 0 amide bonds. The van der Waals surface area contributed by atoms with E-state index in [0.29, 0.717) is 22.1 Å². The zero-order valence-corrected chi connectivity index (χ0v) is 13.5. The van der Waals surface area contributed by atoms with Crippen molar-refractivity contribution in [1.82, 2.24) is 0 Å². The lowest BCUT2D eigenvalue weighted by Gasteiger charge is -2.12. The number of halogens is 1. The molecule has 0 fully saturated rings. The highest BCUT2D eigenvalue weighted by atomic mass is 79.9. The summed E-state index contributed by atoms with van der Waals surface area (Å²) in [5.41, 5.74) is 1.58. The fourth-order valence-corrected chi connectivity index (χ4v) is 3.93. The molecule has 1 unspecified atom stereocenters. The van der Waals surface area contributed by atoms with Crippen molar-refractivity contribution >= 4 is 33.7 Å². The Balaban J connectivity index is 1.64. The topological polar surface area (TPSA) is 46.5 Å². The number of hydrogen-bond donors (Lipinski definition) is 1. The van der Waals surface area contributed by atoms with Crippen molar-refractivity contribution < 1.29 is 14.6 Å². The molecule has 108 valence electrons. The predicted octanol–water partition coefficient (Wildman–Crippen LogP) is 4.24. The quantitative estimate of drug-likeness (QED) is 0.880. The molecule has 21 heavy (non-hydrogen) atoms. The maximum Gasteiger partial charge on any atom is 0.336 e. The molecule has 0 bridgehead atoms. The van der Waals surface area contributed by atoms with E-state index in [0.717, 1.165) is 6.42 Å². The molecule has 0 aliphatic carbocycles. The molecule has 3 rings (SSSR count). The van der Waals surface area contributed by atoms with Gasteiger partial charge in [0.1, 0.15) is 12.4 Å². The van der Waals surface area contributed by atoms with Gasteiger partial charge in [-0.25, -0.2) is 4.79 Å². The van der Waals surface area contributed by atoms with Gasteiger partial charge >= 0.3 is 5.97 Å². The Morgan fingerprint density at radius 1 is 1.33 bits per heavy atom. The fraction of sp³-hybridized carbons (Fsp3) is 0.188. The van der Waals surface area contributed by atoms with Gasteiger partial charge in [0.2, 0.25) is 0 Å². The maximum atomic E-state index is 11.1. The second kappa shape index (κ2) is 6.12. The Labute approximate surface area is 135 Å². The minimum atomic E-state index is -0.963. The van der Waals surface area contributed by atoms with E-state index < -0.39 is 5.97 Å². The van der Waals surface area contributed by atoms with Crippen molar-refractivity contribution in [1.29, 1.82) is 0 Å². The van der Waals surface area contributed by atoms with E-state index in [9.17, 15) is 4.79 Å². The molecule has 1 aliphatic rings. The maximum absolute atomic E-state index is 11.1. The van der Waals surface area contributed by atoms with Gasteiger partial charge < -0.3 is 9.84 Å². The summed E-state index contributed by atoms with van der Waals surface area (Å²) in [6.45, 7) is 0.569. The van der Waals surface area contributed by atoms with E-state index >= 15 is 0 Å². The summed E-state index contributed by atoms with van der Waals surface area (Å²) in [7, 11) is 0. The summed E-state index contributed by atoms with van der Waals surface area (Å²) in [5, 5.41) is 9.47. The minimum absolute atomic E-state index is 0.217. The summed E-state index contributed by atoms with van der Waals surface area (Å²) >= 11 is 5.05. The molecule has 5 heteroatoms. The number of aromatic carboxylic acids is 1. The lowest BCUT2D eigenvalue weighted by atomic mass is 10.1. The highest BCUT2D eigenvalue weighted by Gasteiger charge is 2.22. The minimum Gasteiger partial charge on any atom is -0.492 e. The summed E-state index contributed by atoms with van der Waals surface area (Å²) in [6, 6.07) is 13.4. The molecule has 1 atom stereocenters. The molecule has 1 aliphatic heterocycles. The van der Waals surface area contributed by atoms with Crippen LogP contribution in [0.4, 0.5) is 0 Å². The van der Waals surface area contributed by atoms with Crippen molar-refractivity contribution in [2.24, 2.45) is 0 Å². The number of rotatable bonds is 4. The molecular formula is C16H13BrO3S. The van der Waals surface area contributed by atoms with Crippen LogP contribution in [0.3, 0.4) is 0 Å². The van der Waals surface area contributed by atoms with Crippen LogP contribution in [-0.4, -0.2) is 22.9 Å². The van der Waals surface area contributed by atoms with Gasteiger partial charge in [-0.3, -0.25) is 0 Å². The Kier molecular flexibility index (Phi) is 4.22. The molecular weight excluding hydrogens is 352 g/mol. The van der Waals surface area contributed by atoms with Gasteiger partial charge in [-0.15, -0.1) is 11.8 Å². The molecule has 3 nitrogen and oxygen atoms in total. The normalized spacial score (nSPS) is 16.5. The van der Waals surface area contributed by atoms with Crippen LogP contribution in [0.25, 0.3) is 0 Å². The van der Waals surface area contributed by atoms with Crippen molar-refractivity contribution in [2.45, 2.75) is 16.6 Å². The van der Waals surface area contributed by atoms with Crippen LogP contribution in [0.5, 0.6) is 5.75 Å². The molecule has 0 saturated carbocycles. The van der Waals surface area contributed by atoms with Gasteiger partial charge in [0.05, 0.1) is 5.56 Å². The van der Waals surface area contributed by atoms with Gasteiger partial charge in [-0.1, -0.05) is 18.2 Å². The van der Waals surface area contributed by atoms with E-state index in [4.69, 9.17) is 9.84 Å². The van der Waals surface area contributed by atoms with Crippen LogP contribution < -0.4 is 4.74 Å². The molecule has 1 N–H and O–H groups in total. The summed E-state index contributed by atoms with van der Waals surface area (Å²) in [4.78, 5) is 12.4. The average Bonchev–Trinajstić information content (AvgIpc) is 2.89. The number of fused-ring (bicyclic) bond motifs is 1. The third-order valence-corrected chi connectivity index (χ3v) is 5.30. The lowest BCUT2D eigenvalue weighted by molar-refractivity contribution is 0.0695. The van der Waals surface area contributed by atoms with Crippen molar-refractivity contribution in [3.8, 4) is 5.75 Å². The largest absolute Gasteiger partial charge is 0.492 e. The highest BCUT2D eigenvalue weighted by Crippen LogP contribution is 2.37. The smallest absolute Gasteiger partial charge is 0.336 e. The van der Waals surface area contributed by atoms with Crippen molar-refractivity contribution in [2.75, 3.05) is 6.61 Å². The van der Waals surface area contributed by atoms with E-state index in [1.165, 1.54) is 10.5 Å². The number of carboxylic acid groups (broad SMARTS) is 1. The van der Waals surface area contributed by atoms with Crippen molar-refractivity contribution in [3.05, 3.63) is 58.1 Å². The third kappa shape index (κ3) is 3.24. The monoisotopic (exact) mass is 364 g/mol. The number of ether oxygens (including phenoxy) is 1. The number of carboxylic acids is 1. The van der Waals surface area contributed by atoms with E-state index in [2.05, 4.69) is 34.1 Å². The summed E-state index contributed by atoms with van der Waals surface area (Å²) in [5.74, 6) is -0.373.